The maximum Gasteiger partial charge on any atom is 0.274 e. The predicted octanol–water partition coefficient (Wildman–Crippen LogP) is 0.977. The number of aromatic amines is 2. The average molecular weight is 353 g/mol. The molecule has 0 fully saturated rings. The molecule has 0 saturated heterocycles. The zero-order chi connectivity index (χ0) is 18.1. The van der Waals surface area contributed by atoms with Crippen molar-refractivity contribution in [1.82, 2.24) is 34.4 Å². The van der Waals surface area contributed by atoms with E-state index in [2.05, 4.69) is 29.9 Å². The second-order valence-corrected chi connectivity index (χ2v) is 6.16. The predicted molar refractivity (Wildman–Crippen MR) is 96.3 cm³/mol. The molecule has 26 heavy (non-hydrogen) atoms. The van der Waals surface area contributed by atoms with Crippen LogP contribution in [0.15, 0.2) is 35.4 Å². The van der Waals surface area contributed by atoms with E-state index < -0.39 is 0 Å². The summed E-state index contributed by atoms with van der Waals surface area (Å²) in [5.74, 6) is 2.10. The summed E-state index contributed by atoms with van der Waals surface area (Å²) in [6.45, 7) is 1.34. The van der Waals surface area contributed by atoms with Gasteiger partial charge in [-0.05, 0) is 19.2 Å². The molecule has 9 nitrogen and oxygen atoms in total. The minimum atomic E-state index is -0.165. The van der Waals surface area contributed by atoms with Crippen LogP contribution in [0.25, 0.3) is 16.8 Å². The molecule has 0 aliphatic carbocycles. The van der Waals surface area contributed by atoms with Gasteiger partial charge in [0, 0.05) is 31.6 Å². The van der Waals surface area contributed by atoms with Crippen molar-refractivity contribution in [2.24, 2.45) is 0 Å². The molecule has 3 heterocycles. The average Bonchev–Trinajstić information content (AvgIpc) is 3.25. The number of hydrogen-bond donors (Lipinski definition) is 2. The number of methoxy groups -OCH3 is 1. The van der Waals surface area contributed by atoms with Crippen LogP contribution in [-0.4, -0.2) is 55.2 Å². The fourth-order valence-electron chi connectivity index (χ4n) is 2.89. The van der Waals surface area contributed by atoms with E-state index in [1.165, 1.54) is 16.9 Å². The fourth-order valence-corrected chi connectivity index (χ4v) is 2.89. The van der Waals surface area contributed by atoms with Gasteiger partial charge in [-0.25, -0.2) is 15.0 Å². The molecule has 0 saturated carbocycles. The summed E-state index contributed by atoms with van der Waals surface area (Å²) in [4.78, 5) is 30.4. The highest BCUT2D eigenvalue weighted by molar-refractivity contribution is 5.76. The number of imidazole rings is 1. The minimum absolute atomic E-state index is 0.165. The van der Waals surface area contributed by atoms with Crippen molar-refractivity contribution in [3.63, 3.8) is 0 Å². The Bertz CT molecular complexity index is 1110. The summed E-state index contributed by atoms with van der Waals surface area (Å²) in [5, 5.41) is 2.73. The van der Waals surface area contributed by atoms with Crippen LogP contribution < -0.4 is 10.3 Å². The van der Waals surface area contributed by atoms with Crippen molar-refractivity contribution in [3.8, 4) is 5.75 Å². The number of nitrogens with zero attached hydrogens (tertiary/aromatic N) is 5. The molecule has 0 bridgehead atoms. The van der Waals surface area contributed by atoms with Gasteiger partial charge in [0.05, 0.1) is 23.8 Å². The Kier molecular flexibility index (Phi) is 4.13. The first kappa shape index (κ1) is 16.3. The van der Waals surface area contributed by atoms with Crippen LogP contribution in [0.2, 0.25) is 0 Å². The van der Waals surface area contributed by atoms with Gasteiger partial charge in [0.1, 0.15) is 17.9 Å². The lowest BCUT2D eigenvalue weighted by Crippen LogP contribution is -2.24. The van der Waals surface area contributed by atoms with Gasteiger partial charge in [0.15, 0.2) is 0 Å². The first-order chi connectivity index (χ1) is 12.6. The number of hydrogen-bond acceptors (Lipinski definition) is 6. The van der Waals surface area contributed by atoms with Gasteiger partial charge < -0.3 is 14.6 Å². The normalized spacial score (nSPS) is 11.7. The Morgan fingerprint density at radius 3 is 3.00 bits per heavy atom. The van der Waals surface area contributed by atoms with Crippen molar-refractivity contribution in [1.29, 1.82) is 0 Å². The number of likely N-dealkylation sites (N-methyl/N-ethyl adjacent to an activating group) is 1. The number of nitrogens with one attached hydrogen (secondary N) is 2. The number of fused-ring (bicyclic) bond motifs is 2. The Balaban J connectivity index is 1.43. The third-order valence-corrected chi connectivity index (χ3v) is 4.22. The van der Waals surface area contributed by atoms with E-state index in [4.69, 9.17) is 4.74 Å². The summed E-state index contributed by atoms with van der Waals surface area (Å²) in [6, 6.07) is 7.30. The molecule has 0 aliphatic rings. The topological polar surface area (TPSA) is 104 Å². The van der Waals surface area contributed by atoms with E-state index in [-0.39, 0.29) is 5.56 Å². The van der Waals surface area contributed by atoms with Crippen LogP contribution in [0.3, 0.4) is 0 Å². The molecule has 0 radical (unpaired) electrons. The summed E-state index contributed by atoms with van der Waals surface area (Å²) in [6.07, 6.45) is 2.21. The molecule has 0 amide bonds. The molecule has 0 spiro atoms. The Morgan fingerprint density at radius 2 is 2.15 bits per heavy atom. The van der Waals surface area contributed by atoms with Crippen molar-refractivity contribution in [3.05, 3.63) is 52.5 Å². The van der Waals surface area contributed by atoms with Gasteiger partial charge in [-0.15, -0.1) is 0 Å². The van der Waals surface area contributed by atoms with Crippen LogP contribution in [0.4, 0.5) is 0 Å². The first-order valence-corrected chi connectivity index (χ1v) is 8.25. The highest BCUT2D eigenvalue weighted by Gasteiger charge is 2.09. The van der Waals surface area contributed by atoms with Crippen molar-refractivity contribution < 1.29 is 4.74 Å². The molecule has 134 valence electrons. The second-order valence-electron chi connectivity index (χ2n) is 6.16. The molecule has 0 unspecified atom stereocenters. The molecule has 1 aromatic carbocycles. The smallest absolute Gasteiger partial charge is 0.274 e. The quantitative estimate of drug-likeness (QED) is 0.535. The van der Waals surface area contributed by atoms with E-state index in [0.29, 0.717) is 18.0 Å². The van der Waals surface area contributed by atoms with Crippen LogP contribution in [-0.2, 0) is 13.0 Å². The van der Waals surface area contributed by atoms with E-state index in [9.17, 15) is 4.79 Å². The summed E-state index contributed by atoms with van der Waals surface area (Å²) >= 11 is 0. The molecule has 3 aromatic heterocycles. The fraction of sp³-hybridized carbons (Fsp3) is 0.294. The standard InChI is InChI=1S/C17H19N7O2/c1-23(9-11-7-16(25)24-17(20-11)18-10-19-24)6-5-15-21-13-4-3-12(26-2)8-14(13)22-15/h3-4,7-8,10H,5-6,9H2,1-2H3,(H,21,22)(H,18,19,20). The highest BCUT2D eigenvalue weighted by Crippen LogP contribution is 2.18. The maximum atomic E-state index is 12.0. The molecule has 0 aliphatic heterocycles. The van der Waals surface area contributed by atoms with Gasteiger partial charge in [-0.1, -0.05) is 0 Å². The van der Waals surface area contributed by atoms with Crippen molar-refractivity contribution in [2.45, 2.75) is 13.0 Å². The van der Waals surface area contributed by atoms with E-state index in [0.717, 1.165) is 35.6 Å². The van der Waals surface area contributed by atoms with E-state index in [1.807, 2.05) is 25.2 Å². The molecule has 9 heteroatoms. The summed E-state index contributed by atoms with van der Waals surface area (Å²) < 4.78 is 6.54. The Morgan fingerprint density at radius 1 is 1.27 bits per heavy atom. The molecule has 0 atom stereocenters. The van der Waals surface area contributed by atoms with Gasteiger partial charge in [0.2, 0.25) is 0 Å². The number of aromatic nitrogens is 6. The largest absolute Gasteiger partial charge is 0.497 e. The lowest BCUT2D eigenvalue weighted by atomic mass is 10.3. The van der Waals surface area contributed by atoms with Crippen LogP contribution in [0, 0.1) is 0 Å². The molecule has 4 rings (SSSR count). The molecular formula is C17H19N7O2. The molecule has 2 N–H and O–H groups in total. The zero-order valence-electron chi connectivity index (χ0n) is 14.6. The van der Waals surface area contributed by atoms with Crippen LogP contribution in [0.1, 0.15) is 11.5 Å². The molecular weight excluding hydrogens is 334 g/mol. The second kappa shape index (κ2) is 6.60. The third-order valence-electron chi connectivity index (χ3n) is 4.22. The minimum Gasteiger partial charge on any atom is -0.497 e. The van der Waals surface area contributed by atoms with E-state index >= 15 is 0 Å². The number of H-pyrrole nitrogens is 2. The number of benzene rings is 1. The summed E-state index contributed by atoms with van der Waals surface area (Å²) in [7, 11) is 3.63. The lowest BCUT2D eigenvalue weighted by Gasteiger charge is -2.15. The number of rotatable bonds is 6. The van der Waals surface area contributed by atoms with Gasteiger partial charge >= 0.3 is 0 Å². The third kappa shape index (κ3) is 3.16. The first-order valence-electron chi connectivity index (χ1n) is 8.25. The number of ether oxygens (including phenoxy) is 1. The Hall–Kier alpha value is -3.20. The maximum absolute atomic E-state index is 12.0. The van der Waals surface area contributed by atoms with Crippen LogP contribution >= 0.6 is 0 Å². The van der Waals surface area contributed by atoms with Gasteiger partial charge in [0.25, 0.3) is 11.3 Å². The molecule has 4 aromatic rings. The van der Waals surface area contributed by atoms with Gasteiger partial charge in [-0.2, -0.15) is 4.52 Å². The summed E-state index contributed by atoms with van der Waals surface area (Å²) in [5.41, 5.74) is 2.41. The Labute approximate surface area is 148 Å². The lowest BCUT2D eigenvalue weighted by molar-refractivity contribution is 0.325. The van der Waals surface area contributed by atoms with Crippen molar-refractivity contribution in [2.75, 3.05) is 20.7 Å². The van der Waals surface area contributed by atoms with Gasteiger partial charge in [-0.3, -0.25) is 9.89 Å². The van der Waals surface area contributed by atoms with Crippen molar-refractivity contribution >= 4 is 16.8 Å². The monoisotopic (exact) mass is 353 g/mol. The van der Waals surface area contributed by atoms with Crippen LogP contribution in [0.5, 0.6) is 5.75 Å². The highest BCUT2D eigenvalue weighted by atomic mass is 16.5. The zero-order valence-corrected chi connectivity index (χ0v) is 14.6. The SMILES string of the molecule is COc1ccc2nc(CCN(C)Cc3cc(=O)n4[nH]cnc4n3)[nH]c2c1. The van der Waals surface area contributed by atoms with E-state index in [1.54, 1.807) is 7.11 Å².